The molecule has 1 amide bonds. The van der Waals surface area contributed by atoms with Crippen molar-refractivity contribution >= 4 is 5.91 Å². The number of carbonyl (C=O) groups excluding carboxylic acids is 1. The van der Waals surface area contributed by atoms with Crippen LogP contribution >= 0.6 is 0 Å². The molecule has 2 N–H and O–H groups in total. The Morgan fingerprint density at radius 2 is 1.90 bits per heavy atom. The maximum absolute atomic E-state index is 12.3. The molecule has 0 radical (unpaired) electrons. The number of piperidine rings is 1. The van der Waals surface area contributed by atoms with Gasteiger partial charge in [0.25, 0.3) is 0 Å². The summed E-state index contributed by atoms with van der Waals surface area (Å²) in [5, 5.41) is 6.48. The Bertz CT molecular complexity index is 320. The zero-order valence-electron chi connectivity index (χ0n) is 13.9. The van der Waals surface area contributed by atoms with Gasteiger partial charge in [-0.15, -0.1) is 0 Å². The highest BCUT2D eigenvalue weighted by molar-refractivity contribution is 5.82. The van der Waals surface area contributed by atoms with Crippen LogP contribution in [0.4, 0.5) is 0 Å². The predicted octanol–water partition coefficient (Wildman–Crippen LogP) is 2.15. The third kappa shape index (κ3) is 4.96. The fourth-order valence-electron chi connectivity index (χ4n) is 3.65. The van der Waals surface area contributed by atoms with Gasteiger partial charge in [-0.05, 0) is 58.8 Å². The summed E-state index contributed by atoms with van der Waals surface area (Å²) in [4.78, 5) is 14.8. The van der Waals surface area contributed by atoms with Crippen LogP contribution in [0.15, 0.2) is 0 Å². The Hall–Kier alpha value is -0.610. The zero-order chi connectivity index (χ0) is 15.1. The van der Waals surface area contributed by atoms with Crippen LogP contribution in [0, 0.1) is 5.41 Å². The molecule has 0 bridgehead atoms. The maximum atomic E-state index is 12.3. The van der Waals surface area contributed by atoms with E-state index >= 15 is 0 Å². The van der Waals surface area contributed by atoms with Gasteiger partial charge in [0.05, 0.1) is 0 Å². The topological polar surface area (TPSA) is 44.4 Å². The number of nitrogens with one attached hydrogen (secondary N) is 2. The number of rotatable bonds is 6. The molecule has 1 saturated heterocycles. The molecule has 1 aliphatic carbocycles. The molecule has 122 valence electrons. The summed E-state index contributed by atoms with van der Waals surface area (Å²) >= 11 is 0. The molecule has 0 aromatic heterocycles. The van der Waals surface area contributed by atoms with Gasteiger partial charge in [-0.3, -0.25) is 4.79 Å². The van der Waals surface area contributed by atoms with Crippen LogP contribution in [0.1, 0.15) is 58.3 Å². The van der Waals surface area contributed by atoms with Crippen LogP contribution in [0.5, 0.6) is 0 Å². The van der Waals surface area contributed by atoms with E-state index in [2.05, 4.69) is 29.5 Å². The summed E-state index contributed by atoms with van der Waals surface area (Å²) in [5.74, 6) is 0.254. The predicted molar refractivity (Wildman–Crippen MR) is 87.3 cm³/mol. The van der Waals surface area contributed by atoms with Crippen LogP contribution in [-0.2, 0) is 4.79 Å². The van der Waals surface area contributed by atoms with Crippen molar-refractivity contribution in [1.82, 2.24) is 15.5 Å². The molecule has 1 saturated carbocycles. The second-order valence-electron chi connectivity index (χ2n) is 7.19. The van der Waals surface area contributed by atoms with E-state index in [0.717, 1.165) is 51.5 Å². The van der Waals surface area contributed by atoms with Gasteiger partial charge in [0, 0.05) is 18.0 Å². The van der Waals surface area contributed by atoms with Gasteiger partial charge >= 0.3 is 0 Å². The van der Waals surface area contributed by atoms with E-state index in [-0.39, 0.29) is 11.3 Å². The van der Waals surface area contributed by atoms with Gasteiger partial charge < -0.3 is 15.5 Å². The summed E-state index contributed by atoms with van der Waals surface area (Å²) in [6.07, 6.45) is 9.88. The third-order valence-electron chi connectivity index (χ3n) is 5.43. The van der Waals surface area contributed by atoms with Crippen molar-refractivity contribution in [2.45, 2.75) is 64.3 Å². The lowest BCUT2D eigenvalue weighted by molar-refractivity contribution is -0.131. The molecule has 1 aliphatic heterocycles. The molecule has 0 unspecified atom stereocenters. The Labute approximate surface area is 130 Å². The van der Waals surface area contributed by atoms with E-state index < -0.39 is 0 Å². The lowest BCUT2D eigenvalue weighted by Crippen LogP contribution is -2.46. The van der Waals surface area contributed by atoms with Gasteiger partial charge in [-0.2, -0.15) is 0 Å². The van der Waals surface area contributed by atoms with Gasteiger partial charge in [0.15, 0.2) is 0 Å². The zero-order valence-corrected chi connectivity index (χ0v) is 13.9. The number of hydrogen-bond donors (Lipinski definition) is 2. The van der Waals surface area contributed by atoms with E-state index in [1.807, 2.05) is 0 Å². The molecule has 0 aromatic carbocycles. The Kier molecular flexibility index (Phi) is 6.49. The minimum Gasteiger partial charge on any atom is -0.356 e. The van der Waals surface area contributed by atoms with Crippen LogP contribution < -0.4 is 10.6 Å². The van der Waals surface area contributed by atoms with Crippen molar-refractivity contribution in [3.63, 3.8) is 0 Å². The van der Waals surface area contributed by atoms with Crippen LogP contribution in [0.3, 0.4) is 0 Å². The quantitative estimate of drug-likeness (QED) is 0.738. The molecule has 1 heterocycles. The standard InChI is InChI=1S/C17H33N3O/c1-17(9-12-18-13-10-17)16(21)19-11-6-14-20(2)15-7-4-3-5-8-15/h15,18H,3-14H2,1-2H3,(H,19,21). The minimum atomic E-state index is -0.152. The first kappa shape index (κ1) is 16.8. The van der Waals surface area contributed by atoms with Gasteiger partial charge in [0.2, 0.25) is 5.91 Å². The van der Waals surface area contributed by atoms with Gasteiger partial charge in [-0.1, -0.05) is 26.2 Å². The highest BCUT2D eigenvalue weighted by Gasteiger charge is 2.34. The fraction of sp³-hybridized carbons (Fsp3) is 0.941. The Balaban J connectivity index is 1.61. The van der Waals surface area contributed by atoms with Gasteiger partial charge in [-0.25, -0.2) is 0 Å². The highest BCUT2D eigenvalue weighted by atomic mass is 16.2. The lowest BCUT2D eigenvalue weighted by atomic mass is 9.80. The van der Waals surface area contributed by atoms with Crippen LogP contribution in [-0.4, -0.2) is 50.1 Å². The van der Waals surface area contributed by atoms with E-state index in [1.54, 1.807) is 0 Å². The molecule has 4 nitrogen and oxygen atoms in total. The SMILES string of the molecule is CN(CCCNC(=O)C1(C)CCNCC1)C1CCCCC1. The first-order valence-corrected chi connectivity index (χ1v) is 8.81. The molecule has 4 heteroatoms. The van der Waals surface area contributed by atoms with Crippen molar-refractivity contribution in [2.75, 3.05) is 33.2 Å². The van der Waals surface area contributed by atoms with Crippen molar-refractivity contribution in [2.24, 2.45) is 5.41 Å². The molecular weight excluding hydrogens is 262 g/mol. The maximum Gasteiger partial charge on any atom is 0.226 e. The monoisotopic (exact) mass is 295 g/mol. The fourth-order valence-corrected chi connectivity index (χ4v) is 3.65. The number of nitrogens with zero attached hydrogens (tertiary/aromatic N) is 1. The van der Waals surface area contributed by atoms with E-state index in [0.29, 0.717) is 0 Å². The van der Waals surface area contributed by atoms with Crippen LogP contribution in [0.25, 0.3) is 0 Å². The second kappa shape index (κ2) is 8.14. The first-order valence-electron chi connectivity index (χ1n) is 8.81. The van der Waals surface area contributed by atoms with Crippen molar-refractivity contribution in [3.05, 3.63) is 0 Å². The van der Waals surface area contributed by atoms with Crippen LogP contribution in [0.2, 0.25) is 0 Å². The lowest BCUT2D eigenvalue weighted by Gasteiger charge is -2.33. The minimum absolute atomic E-state index is 0.152. The molecule has 0 atom stereocenters. The molecular formula is C17H33N3O. The van der Waals surface area contributed by atoms with E-state index in [9.17, 15) is 4.79 Å². The summed E-state index contributed by atoms with van der Waals surface area (Å²) in [7, 11) is 2.24. The largest absolute Gasteiger partial charge is 0.356 e. The van der Waals surface area contributed by atoms with Gasteiger partial charge in [0.1, 0.15) is 0 Å². The number of carbonyl (C=O) groups is 1. The average molecular weight is 295 g/mol. The molecule has 2 fully saturated rings. The summed E-state index contributed by atoms with van der Waals surface area (Å²) < 4.78 is 0. The second-order valence-corrected chi connectivity index (χ2v) is 7.19. The van der Waals surface area contributed by atoms with Crippen molar-refractivity contribution < 1.29 is 4.79 Å². The van der Waals surface area contributed by atoms with Crippen molar-refractivity contribution in [1.29, 1.82) is 0 Å². The Morgan fingerprint density at radius 1 is 1.24 bits per heavy atom. The van der Waals surface area contributed by atoms with Crippen molar-refractivity contribution in [3.8, 4) is 0 Å². The number of hydrogen-bond acceptors (Lipinski definition) is 3. The normalized spacial score (nSPS) is 23.2. The average Bonchev–Trinajstić information content (AvgIpc) is 2.52. The smallest absolute Gasteiger partial charge is 0.226 e. The summed E-state index contributed by atoms with van der Waals surface area (Å²) in [6.45, 7) is 5.96. The summed E-state index contributed by atoms with van der Waals surface area (Å²) in [5.41, 5.74) is -0.152. The molecule has 21 heavy (non-hydrogen) atoms. The molecule has 0 aromatic rings. The summed E-state index contributed by atoms with van der Waals surface area (Å²) in [6, 6.07) is 0.774. The molecule has 2 aliphatic rings. The first-order chi connectivity index (χ1) is 10.1. The number of amides is 1. The highest BCUT2D eigenvalue weighted by Crippen LogP contribution is 2.27. The van der Waals surface area contributed by atoms with E-state index in [4.69, 9.17) is 0 Å². The molecule has 0 spiro atoms. The third-order valence-corrected chi connectivity index (χ3v) is 5.43. The Morgan fingerprint density at radius 3 is 2.57 bits per heavy atom. The van der Waals surface area contributed by atoms with E-state index in [1.165, 1.54) is 32.1 Å². The molecule has 2 rings (SSSR count).